The van der Waals surface area contributed by atoms with Gasteiger partial charge in [-0.05, 0) is 70.0 Å². The van der Waals surface area contributed by atoms with Crippen molar-refractivity contribution in [1.29, 1.82) is 0 Å². The van der Waals surface area contributed by atoms with Gasteiger partial charge in [0.2, 0.25) is 0 Å². The summed E-state index contributed by atoms with van der Waals surface area (Å²) in [6.45, 7) is 8.63. The number of hydrogen-bond acceptors (Lipinski definition) is 5. The van der Waals surface area contributed by atoms with E-state index in [0.29, 0.717) is 18.5 Å². The second-order valence-electron chi connectivity index (χ2n) is 8.55. The van der Waals surface area contributed by atoms with E-state index in [9.17, 15) is 9.90 Å². The molecule has 0 saturated heterocycles. The first-order valence-corrected chi connectivity index (χ1v) is 10.4. The van der Waals surface area contributed by atoms with Gasteiger partial charge in [0.25, 0.3) is 0 Å². The maximum Gasteiger partial charge on any atom is 0.337 e. The molecule has 0 spiro atoms. The molecule has 0 radical (unpaired) electrons. The van der Waals surface area contributed by atoms with Gasteiger partial charge in [0, 0.05) is 35.2 Å². The zero-order chi connectivity index (χ0) is 22.6. The smallest absolute Gasteiger partial charge is 0.337 e. The first-order valence-electron chi connectivity index (χ1n) is 10.4. The standard InChI is InChI=1S/C25H31N3O3/c1-17-9-10-18(2)28(17)23-12-11-21(15-26-23)22(29)16-27-25(3,4)14-19-7-6-8-20(13-19)24(30)31-5/h6-13,15,22,27,29H,14,16H2,1-5H3/t22-/m1/s1. The average Bonchev–Trinajstić information content (AvgIpc) is 3.09. The number of ether oxygens (including phenoxy) is 1. The molecule has 0 aliphatic rings. The van der Waals surface area contributed by atoms with E-state index in [4.69, 9.17) is 4.74 Å². The molecular weight excluding hydrogens is 390 g/mol. The van der Waals surface area contributed by atoms with Crippen molar-refractivity contribution in [2.75, 3.05) is 13.7 Å². The van der Waals surface area contributed by atoms with Gasteiger partial charge in [-0.2, -0.15) is 0 Å². The largest absolute Gasteiger partial charge is 0.465 e. The van der Waals surface area contributed by atoms with Crippen LogP contribution in [0, 0.1) is 13.8 Å². The van der Waals surface area contributed by atoms with Crippen molar-refractivity contribution < 1.29 is 14.6 Å². The Balaban J connectivity index is 1.62. The van der Waals surface area contributed by atoms with E-state index < -0.39 is 6.10 Å². The highest BCUT2D eigenvalue weighted by molar-refractivity contribution is 5.89. The Hall–Kier alpha value is -2.96. The van der Waals surface area contributed by atoms with Gasteiger partial charge >= 0.3 is 5.97 Å². The molecule has 2 N–H and O–H groups in total. The highest BCUT2D eigenvalue weighted by Gasteiger charge is 2.21. The third kappa shape index (κ3) is 5.60. The molecule has 31 heavy (non-hydrogen) atoms. The summed E-state index contributed by atoms with van der Waals surface area (Å²) in [5.74, 6) is 0.499. The van der Waals surface area contributed by atoms with Crippen molar-refractivity contribution in [1.82, 2.24) is 14.9 Å². The molecule has 0 bridgehead atoms. The van der Waals surface area contributed by atoms with Crippen LogP contribution >= 0.6 is 0 Å². The van der Waals surface area contributed by atoms with E-state index in [-0.39, 0.29) is 11.5 Å². The summed E-state index contributed by atoms with van der Waals surface area (Å²) < 4.78 is 6.88. The van der Waals surface area contributed by atoms with Crippen molar-refractivity contribution in [3.8, 4) is 5.82 Å². The zero-order valence-electron chi connectivity index (χ0n) is 18.8. The van der Waals surface area contributed by atoms with E-state index in [2.05, 4.69) is 40.8 Å². The van der Waals surface area contributed by atoms with E-state index in [1.807, 2.05) is 44.2 Å². The minimum absolute atomic E-state index is 0.275. The molecule has 0 unspecified atom stereocenters. The molecule has 2 heterocycles. The fourth-order valence-corrected chi connectivity index (χ4v) is 3.75. The number of aryl methyl sites for hydroxylation is 2. The van der Waals surface area contributed by atoms with Gasteiger partial charge in [-0.1, -0.05) is 18.2 Å². The topological polar surface area (TPSA) is 76.4 Å². The lowest BCUT2D eigenvalue weighted by molar-refractivity contribution is 0.0600. The van der Waals surface area contributed by atoms with Crippen LogP contribution in [0.2, 0.25) is 0 Å². The fourth-order valence-electron chi connectivity index (χ4n) is 3.75. The molecule has 6 nitrogen and oxygen atoms in total. The number of pyridine rings is 1. The van der Waals surface area contributed by atoms with Crippen LogP contribution in [0.5, 0.6) is 0 Å². The number of benzene rings is 1. The summed E-state index contributed by atoms with van der Waals surface area (Å²) in [4.78, 5) is 16.3. The van der Waals surface area contributed by atoms with Gasteiger partial charge in [-0.3, -0.25) is 0 Å². The molecule has 3 rings (SSSR count). The Bertz CT molecular complexity index is 1020. The van der Waals surface area contributed by atoms with E-state index in [0.717, 1.165) is 28.3 Å². The highest BCUT2D eigenvalue weighted by Crippen LogP contribution is 2.19. The third-order valence-electron chi connectivity index (χ3n) is 5.42. The van der Waals surface area contributed by atoms with Crippen LogP contribution in [-0.4, -0.2) is 39.8 Å². The summed E-state index contributed by atoms with van der Waals surface area (Å²) in [5, 5.41) is 14.1. The molecule has 164 valence electrons. The lowest BCUT2D eigenvalue weighted by Crippen LogP contribution is -2.43. The normalized spacial score (nSPS) is 12.6. The minimum atomic E-state index is -0.672. The molecule has 1 aromatic carbocycles. The number of nitrogens with one attached hydrogen (secondary N) is 1. The molecule has 0 amide bonds. The number of β-amino-alcohol motifs (C(OH)–C–C–N with tert-alkyl or cyclic N) is 1. The molecule has 3 aromatic rings. The number of methoxy groups -OCH3 is 1. The summed E-state index contributed by atoms with van der Waals surface area (Å²) in [6.07, 6.45) is 1.76. The van der Waals surface area contributed by atoms with Crippen molar-refractivity contribution in [3.05, 3.63) is 82.8 Å². The van der Waals surface area contributed by atoms with Crippen LogP contribution in [0.15, 0.2) is 54.7 Å². The first-order chi connectivity index (χ1) is 14.7. The van der Waals surface area contributed by atoms with Gasteiger partial charge < -0.3 is 19.7 Å². The second kappa shape index (κ2) is 9.45. The average molecular weight is 422 g/mol. The molecule has 0 aliphatic heterocycles. The van der Waals surface area contributed by atoms with Gasteiger partial charge in [0.15, 0.2) is 0 Å². The van der Waals surface area contributed by atoms with E-state index in [1.165, 1.54) is 7.11 Å². The maximum atomic E-state index is 11.8. The number of hydrogen-bond donors (Lipinski definition) is 2. The molecule has 6 heteroatoms. The van der Waals surface area contributed by atoms with Crippen molar-refractivity contribution in [2.24, 2.45) is 0 Å². The summed E-state index contributed by atoms with van der Waals surface area (Å²) >= 11 is 0. The molecule has 0 fully saturated rings. The molecule has 0 saturated carbocycles. The number of rotatable bonds is 8. The molecular formula is C25H31N3O3. The summed E-state index contributed by atoms with van der Waals surface area (Å²) in [6, 6.07) is 15.4. The van der Waals surface area contributed by atoms with Crippen LogP contribution in [-0.2, 0) is 11.2 Å². The van der Waals surface area contributed by atoms with Gasteiger partial charge in [-0.15, -0.1) is 0 Å². The van der Waals surface area contributed by atoms with Crippen LogP contribution in [0.3, 0.4) is 0 Å². The lowest BCUT2D eigenvalue weighted by atomic mass is 9.93. The SMILES string of the molecule is COC(=O)c1cccc(CC(C)(C)NC[C@@H](O)c2ccc(-n3c(C)ccc3C)nc2)c1. The first kappa shape index (κ1) is 22.7. The Morgan fingerprint density at radius 3 is 2.48 bits per heavy atom. The van der Waals surface area contributed by atoms with Gasteiger partial charge in [-0.25, -0.2) is 9.78 Å². The minimum Gasteiger partial charge on any atom is -0.465 e. The van der Waals surface area contributed by atoms with E-state index >= 15 is 0 Å². The van der Waals surface area contributed by atoms with Crippen LogP contribution in [0.25, 0.3) is 5.82 Å². The number of esters is 1. The van der Waals surface area contributed by atoms with Gasteiger partial charge in [0.1, 0.15) is 5.82 Å². The molecule has 0 aliphatic carbocycles. The Morgan fingerprint density at radius 2 is 1.87 bits per heavy atom. The number of aliphatic hydroxyl groups excluding tert-OH is 1. The van der Waals surface area contributed by atoms with Crippen LogP contribution < -0.4 is 5.32 Å². The number of carbonyl (C=O) groups is 1. The number of aromatic nitrogens is 2. The Morgan fingerprint density at radius 1 is 1.16 bits per heavy atom. The number of carbonyl (C=O) groups excluding carboxylic acids is 1. The van der Waals surface area contributed by atoms with Crippen molar-refractivity contribution in [3.63, 3.8) is 0 Å². The number of aliphatic hydroxyl groups is 1. The predicted octanol–water partition coefficient (Wildman–Crippen LogP) is 3.92. The Kier molecular flexibility index (Phi) is 6.93. The highest BCUT2D eigenvalue weighted by atomic mass is 16.5. The number of nitrogens with zero attached hydrogens (tertiary/aromatic N) is 2. The molecule has 1 atom stereocenters. The van der Waals surface area contributed by atoms with Crippen LogP contribution in [0.1, 0.15) is 52.8 Å². The lowest BCUT2D eigenvalue weighted by Gasteiger charge is -2.28. The summed E-state index contributed by atoms with van der Waals surface area (Å²) in [5.41, 5.74) is 4.30. The zero-order valence-corrected chi connectivity index (χ0v) is 18.8. The predicted molar refractivity (Wildman–Crippen MR) is 122 cm³/mol. The van der Waals surface area contributed by atoms with Crippen molar-refractivity contribution >= 4 is 5.97 Å². The van der Waals surface area contributed by atoms with Gasteiger partial charge in [0.05, 0.1) is 18.8 Å². The summed E-state index contributed by atoms with van der Waals surface area (Å²) in [7, 11) is 1.38. The Labute approximate surface area is 183 Å². The molecule has 2 aromatic heterocycles. The third-order valence-corrected chi connectivity index (χ3v) is 5.42. The second-order valence-corrected chi connectivity index (χ2v) is 8.55. The van der Waals surface area contributed by atoms with Crippen LogP contribution in [0.4, 0.5) is 0 Å². The van der Waals surface area contributed by atoms with Crippen molar-refractivity contribution in [2.45, 2.75) is 45.8 Å². The fraction of sp³-hybridized carbons (Fsp3) is 0.360. The quantitative estimate of drug-likeness (QED) is 0.539. The maximum absolute atomic E-state index is 11.8. The monoisotopic (exact) mass is 421 g/mol. The van der Waals surface area contributed by atoms with E-state index in [1.54, 1.807) is 12.3 Å².